The lowest BCUT2D eigenvalue weighted by molar-refractivity contribution is 0.148. The number of nitrogens with zero attached hydrogens (tertiary/aromatic N) is 2. The van der Waals surface area contributed by atoms with Crippen LogP contribution in [0, 0.1) is 5.82 Å². The number of halogens is 2. The molecule has 0 aliphatic carbocycles. The minimum atomic E-state index is -3.92. The highest BCUT2D eigenvalue weighted by molar-refractivity contribution is 7.91. The molecule has 24 heavy (non-hydrogen) atoms. The van der Waals surface area contributed by atoms with E-state index in [2.05, 4.69) is 0 Å². The summed E-state index contributed by atoms with van der Waals surface area (Å²) in [4.78, 5) is 1.62. The van der Waals surface area contributed by atoms with E-state index in [0.29, 0.717) is 19.5 Å². The fraction of sp³-hybridized carbons (Fsp3) is 0.571. The highest BCUT2D eigenvalue weighted by Gasteiger charge is 2.36. The van der Waals surface area contributed by atoms with E-state index in [1.54, 1.807) is 0 Å². The first-order valence-corrected chi connectivity index (χ1v) is 11.2. The first kappa shape index (κ1) is 18.1. The van der Waals surface area contributed by atoms with Gasteiger partial charge in [0.05, 0.1) is 11.5 Å². The van der Waals surface area contributed by atoms with Gasteiger partial charge in [-0.15, -0.1) is 0 Å². The van der Waals surface area contributed by atoms with Gasteiger partial charge in [-0.1, -0.05) is 11.6 Å². The van der Waals surface area contributed by atoms with Gasteiger partial charge >= 0.3 is 0 Å². The van der Waals surface area contributed by atoms with Crippen LogP contribution in [0.25, 0.3) is 0 Å². The topological polar surface area (TPSA) is 74.8 Å². The quantitative estimate of drug-likeness (QED) is 0.761. The standard InChI is InChI=1S/C14H18ClFN2O4S2/c15-11-1-2-14(13(16)9-11)24(21,22)18-6-4-17(5-7-18)12-3-8-23(19,20)10-12/h1-2,9,12H,3-8,10H2/t12-/m0/s1. The normalized spacial score (nSPS) is 25.8. The summed E-state index contributed by atoms with van der Waals surface area (Å²) in [5.74, 6) is -0.551. The summed E-state index contributed by atoms with van der Waals surface area (Å²) in [5, 5.41) is 0.138. The summed E-state index contributed by atoms with van der Waals surface area (Å²) < 4.78 is 63.5. The molecule has 2 saturated heterocycles. The van der Waals surface area contributed by atoms with Gasteiger partial charge < -0.3 is 0 Å². The van der Waals surface area contributed by atoms with Crippen molar-refractivity contribution < 1.29 is 21.2 Å². The molecule has 3 rings (SSSR count). The van der Waals surface area contributed by atoms with E-state index in [1.165, 1.54) is 16.4 Å². The maximum Gasteiger partial charge on any atom is 0.246 e. The van der Waals surface area contributed by atoms with Gasteiger partial charge in [0.15, 0.2) is 9.84 Å². The second-order valence-corrected chi connectivity index (χ2v) is 10.6. The molecule has 0 bridgehead atoms. The fourth-order valence-corrected chi connectivity index (χ4v) is 6.58. The van der Waals surface area contributed by atoms with Crippen LogP contribution in [0.3, 0.4) is 0 Å². The predicted octanol–water partition coefficient (Wildman–Crippen LogP) is 0.973. The van der Waals surface area contributed by atoms with Crippen LogP contribution in [-0.2, 0) is 19.9 Å². The minimum Gasteiger partial charge on any atom is -0.297 e. The molecule has 134 valence electrons. The molecule has 0 N–H and O–H groups in total. The molecule has 1 aromatic rings. The maximum atomic E-state index is 13.9. The third-order valence-electron chi connectivity index (χ3n) is 4.51. The second kappa shape index (κ2) is 6.53. The van der Waals surface area contributed by atoms with Gasteiger partial charge in [0.2, 0.25) is 10.0 Å². The minimum absolute atomic E-state index is 0.0490. The van der Waals surface area contributed by atoms with E-state index in [4.69, 9.17) is 11.6 Å². The Morgan fingerprint density at radius 1 is 1.17 bits per heavy atom. The summed E-state index contributed by atoms with van der Waals surface area (Å²) in [6, 6.07) is 3.45. The number of rotatable bonds is 3. The first-order valence-electron chi connectivity index (χ1n) is 7.59. The lowest BCUT2D eigenvalue weighted by Gasteiger charge is -2.36. The number of sulfonamides is 1. The van der Waals surface area contributed by atoms with Crippen LogP contribution in [0.15, 0.2) is 23.1 Å². The Bertz CT molecular complexity index is 836. The van der Waals surface area contributed by atoms with Gasteiger partial charge in [-0.05, 0) is 24.6 Å². The van der Waals surface area contributed by atoms with Crippen molar-refractivity contribution in [3.63, 3.8) is 0 Å². The van der Waals surface area contributed by atoms with Crippen LogP contribution < -0.4 is 0 Å². The maximum absolute atomic E-state index is 13.9. The Balaban J connectivity index is 1.70. The van der Waals surface area contributed by atoms with Crippen molar-refractivity contribution in [2.75, 3.05) is 37.7 Å². The third-order valence-corrected chi connectivity index (χ3v) is 8.43. The lowest BCUT2D eigenvalue weighted by Crippen LogP contribution is -2.52. The molecule has 2 heterocycles. The Hall–Kier alpha value is -0.740. The summed E-state index contributed by atoms with van der Waals surface area (Å²) in [6.07, 6.45) is 0.584. The van der Waals surface area contributed by atoms with Crippen LogP contribution in [0.5, 0.6) is 0 Å². The van der Waals surface area contributed by atoms with Gasteiger partial charge in [0.25, 0.3) is 0 Å². The smallest absolute Gasteiger partial charge is 0.246 e. The van der Waals surface area contributed by atoms with E-state index in [1.807, 2.05) is 4.90 Å². The van der Waals surface area contributed by atoms with Gasteiger partial charge in [0, 0.05) is 37.2 Å². The average Bonchev–Trinajstić information content (AvgIpc) is 2.87. The van der Waals surface area contributed by atoms with Crippen molar-refractivity contribution >= 4 is 31.5 Å². The van der Waals surface area contributed by atoms with Crippen LogP contribution in [0.2, 0.25) is 5.02 Å². The zero-order valence-corrected chi connectivity index (χ0v) is 15.2. The lowest BCUT2D eigenvalue weighted by atomic mass is 10.2. The number of hydrogen-bond donors (Lipinski definition) is 0. The van der Waals surface area contributed by atoms with E-state index < -0.39 is 25.7 Å². The summed E-state index contributed by atoms with van der Waals surface area (Å²) in [7, 11) is -6.90. The van der Waals surface area contributed by atoms with Crippen molar-refractivity contribution in [2.45, 2.75) is 17.4 Å². The van der Waals surface area contributed by atoms with Gasteiger partial charge in [-0.25, -0.2) is 21.2 Å². The molecule has 2 fully saturated rings. The van der Waals surface area contributed by atoms with E-state index in [9.17, 15) is 21.2 Å². The molecule has 1 aromatic carbocycles. The zero-order chi connectivity index (χ0) is 17.5. The van der Waals surface area contributed by atoms with E-state index in [0.717, 1.165) is 6.07 Å². The number of sulfone groups is 1. The second-order valence-electron chi connectivity index (χ2n) is 6.07. The fourth-order valence-electron chi connectivity index (χ4n) is 3.20. The molecule has 6 nitrogen and oxygen atoms in total. The summed E-state index contributed by atoms with van der Waals surface area (Å²) in [5.41, 5.74) is 0. The van der Waals surface area contributed by atoms with Crippen molar-refractivity contribution in [1.29, 1.82) is 0 Å². The molecular weight excluding hydrogens is 379 g/mol. The predicted molar refractivity (Wildman–Crippen MR) is 88.8 cm³/mol. The van der Waals surface area contributed by atoms with Crippen LogP contribution in [0.4, 0.5) is 4.39 Å². The van der Waals surface area contributed by atoms with Crippen molar-refractivity contribution in [2.24, 2.45) is 0 Å². The third kappa shape index (κ3) is 3.60. The van der Waals surface area contributed by atoms with Crippen molar-refractivity contribution in [3.05, 3.63) is 29.0 Å². The van der Waals surface area contributed by atoms with Crippen LogP contribution >= 0.6 is 11.6 Å². The summed E-state index contributed by atoms with van der Waals surface area (Å²) in [6.45, 7) is 1.30. The molecule has 0 unspecified atom stereocenters. The van der Waals surface area contributed by atoms with E-state index >= 15 is 0 Å². The molecule has 0 saturated carbocycles. The van der Waals surface area contributed by atoms with Crippen molar-refractivity contribution in [3.8, 4) is 0 Å². The van der Waals surface area contributed by atoms with E-state index in [-0.39, 0.29) is 40.6 Å². The largest absolute Gasteiger partial charge is 0.297 e. The number of hydrogen-bond acceptors (Lipinski definition) is 5. The highest BCUT2D eigenvalue weighted by Crippen LogP contribution is 2.25. The molecule has 2 aliphatic heterocycles. The van der Waals surface area contributed by atoms with Crippen molar-refractivity contribution in [1.82, 2.24) is 9.21 Å². The van der Waals surface area contributed by atoms with Gasteiger partial charge in [-0.3, -0.25) is 4.90 Å². The Kier molecular flexibility index (Phi) is 4.91. The molecule has 0 radical (unpaired) electrons. The molecule has 10 heteroatoms. The van der Waals surface area contributed by atoms with Crippen LogP contribution in [-0.4, -0.2) is 69.8 Å². The Morgan fingerprint density at radius 3 is 2.38 bits per heavy atom. The molecule has 0 spiro atoms. The van der Waals surface area contributed by atoms with Gasteiger partial charge in [0.1, 0.15) is 10.7 Å². The Labute approximate surface area is 146 Å². The number of piperazine rings is 1. The SMILES string of the molecule is O=S1(=O)CC[C@H](N2CCN(S(=O)(=O)c3ccc(Cl)cc3F)CC2)C1. The molecule has 2 aliphatic rings. The average molecular weight is 397 g/mol. The molecule has 0 amide bonds. The first-order chi connectivity index (χ1) is 11.2. The zero-order valence-electron chi connectivity index (χ0n) is 12.9. The molecule has 0 aromatic heterocycles. The monoisotopic (exact) mass is 396 g/mol. The molecular formula is C14H18ClFN2O4S2. The van der Waals surface area contributed by atoms with Gasteiger partial charge in [-0.2, -0.15) is 4.31 Å². The van der Waals surface area contributed by atoms with Crippen LogP contribution in [0.1, 0.15) is 6.42 Å². The number of benzene rings is 1. The molecule has 1 atom stereocenters. The highest BCUT2D eigenvalue weighted by atomic mass is 35.5. The Morgan fingerprint density at radius 2 is 1.83 bits per heavy atom. The summed E-state index contributed by atoms with van der Waals surface area (Å²) >= 11 is 5.66.